The van der Waals surface area contributed by atoms with Gasteiger partial charge in [0, 0.05) is 24.7 Å². The number of ether oxygens (including phenoxy) is 1. The van der Waals surface area contributed by atoms with Crippen LogP contribution in [0.15, 0.2) is 5.38 Å². The van der Waals surface area contributed by atoms with Crippen molar-refractivity contribution in [2.75, 3.05) is 20.3 Å². The van der Waals surface area contributed by atoms with Gasteiger partial charge < -0.3 is 10.1 Å². The summed E-state index contributed by atoms with van der Waals surface area (Å²) < 4.78 is 5.14. The first-order chi connectivity index (χ1) is 9.29. The molecule has 0 amide bonds. The van der Waals surface area contributed by atoms with E-state index in [0.29, 0.717) is 6.04 Å². The van der Waals surface area contributed by atoms with Crippen LogP contribution >= 0.6 is 11.3 Å². The molecule has 1 aromatic heterocycles. The maximum Gasteiger partial charge on any atom is 0.110 e. The van der Waals surface area contributed by atoms with E-state index in [9.17, 15) is 0 Å². The van der Waals surface area contributed by atoms with Gasteiger partial charge in [-0.25, -0.2) is 4.98 Å². The molecular formula is C15H26N2OS. The van der Waals surface area contributed by atoms with Crippen molar-refractivity contribution in [1.29, 1.82) is 0 Å². The number of aromatic nitrogens is 1. The van der Waals surface area contributed by atoms with Gasteiger partial charge in [0.1, 0.15) is 5.01 Å². The smallest absolute Gasteiger partial charge is 0.110 e. The summed E-state index contributed by atoms with van der Waals surface area (Å²) >= 11 is 1.79. The summed E-state index contributed by atoms with van der Waals surface area (Å²) in [6.45, 7) is 3.75. The van der Waals surface area contributed by atoms with Gasteiger partial charge in [0.2, 0.25) is 0 Å². The molecule has 1 atom stereocenters. The molecular weight excluding hydrogens is 256 g/mol. The molecule has 1 unspecified atom stereocenters. The van der Waals surface area contributed by atoms with Crippen LogP contribution in [0.2, 0.25) is 0 Å². The van der Waals surface area contributed by atoms with Crippen molar-refractivity contribution < 1.29 is 4.74 Å². The molecule has 1 aliphatic carbocycles. The minimum absolute atomic E-state index is 0.414. The van der Waals surface area contributed by atoms with Gasteiger partial charge in [-0.1, -0.05) is 32.1 Å². The Balaban J connectivity index is 1.92. The molecule has 0 aromatic carbocycles. The van der Waals surface area contributed by atoms with Crippen LogP contribution in [0, 0.1) is 12.8 Å². The van der Waals surface area contributed by atoms with Crippen molar-refractivity contribution in [3.8, 4) is 0 Å². The molecule has 0 radical (unpaired) electrons. The highest BCUT2D eigenvalue weighted by molar-refractivity contribution is 7.09. The molecule has 1 fully saturated rings. The zero-order chi connectivity index (χ0) is 13.5. The second-order valence-electron chi connectivity index (χ2n) is 5.57. The Morgan fingerprint density at radius 3 is 2.84 bits per heavy atom. The van der Waals surface area contributed by atoms with Crippen molar-refractivity contribution in [2.24, 2.45) is 5.92 Å². The van der Waals surface area contributed by atoms with E-state index >= 15 is 0 Å². The van der Waals surface area contributed by atoms with Gasteiger partial charge >= 0.3 is 0 Å². The van der Waals surface area contributed by atoms with Gasteiger partial charge in [0.05, 0.1) is 12.6 Å². The van der Waals surface area contributed by atoms with Crippen LogP contribution in [0.3, 0.4) is 0 Å². The van der Waals surface area contributed by atoms with Gasteiger partial charge in [-0.3, -0.25) is 0 Å². The SMILES string of the molecule is COCCNC(CC1CCCCC1)c1nc(C)cs1. The number of nitrogens with zero attached hydrogens (tertiary/aromatic N) is 1. The van der Waals surface area contributed by atoms with E-state index < -0.39 is 0 Å². The molecule has 0 bridgehead atoms. The lowest BCUT2D eigenvalue weighted by Crippen LogP contribution is -2.27. The highest BCUT2D eigenvalue weighted by Crippen LogP contribution is 2.32. The second-order valence-corrected chi connectivity index (χ2v) is 6.46. The molecule has 0 spiro atoms. The fourth-order valence-corrected chi connectivity index (χ4v) is 3.78. The molecule has 108 valence electrons. The Kier molecular flexibility index (Phi) is 6.28. The molecule has 2 rings (SSSR count). The number of nitrogens with one attached hydrogen (secondary N) is 1. The molecule has 4 heteroatoms. The molecule has 3 nitrogen and oxygen atoms in total. The summed E-state index contributed by atoms with van der Waals surface area (Å²) in [7, 11) is 1.76. The van der Waals surface area contributed by atoms with Crippen molar-refractivity contribution in [1.82, 2.24) is 10.3 Å². The second kappa shape index (κ2) is 7.98. The molecule has 0 aliphatic heterocycles. The number of rotatable bonds is 7. The van der Waals surface area contributed by atoms with E-state index in [-0.39, 0.29) is 0 Å². The number of hydrogen-bond donors (Lipinski definition) is 1. The minimum Gasteiger partial charge on any atom is -0.383 e. The topological polar surface area (TPSA) is 34.1 Å². The van der Waals surface area contributed by atoms with Crippen LogP contribution in [-0.2, 0) is 4.74 Å². The fourth-order valence-electron chi connectivity index (χ4n) is 2.90. The first-order valence-corrected chi connectivity index (χ1v) is 8.32. The zero-order valence-electron chi connectivity index (χ0n) is 12.2. The molecule has 1 N–H and O–H groups in total. The molecule has 1 aromatic rings. The summed E-state index contributed by atoms with van der Waals surface area (Å²) in [4.78, 5) is 4.67. The van der Waals surface area contributed by atoms with Crippen LogP contribution < -0.4 is 5.32 Å². The summed E-state index contributed by atoms with van der Waals surface area (Å²) in [6.07, 6.45) is 8.27. The van der Waals surface area contributed by atoms with E-state index in [1.165, 1.54) is 43.5 Å². The monoisotopic (exact) mass is 282 g/mol. The maximum atomic E-state index is 5.14. The average molecular weight is 282 g/mol. The van der Waals surface area contributed by atoms with Crippen LogP contribution in [0.5, 0.6) is 0 Å². The minimum atomic E-state index is 0.414. The summed E-state index contributed by atoms with van der Waals surface area (Å²) in [5.74, 6) is 0.873. The Labute approximate surface area is 120 Å². The number of hydrogen-bond acceptors (Lipinski definition) is 4. The third-order valence-corrected chi connectivity index (χ3v) is 5.00. The van der Waals surface area contributed by atoms with Gasteiger partial charge in [0.25, 0.3) is 0 Å². The number of aryl methyl sites for hydroxylation is 1. The normalized spacial score (nSPS) is 18.6. The standard InChI is InChI=1S/C15H26N2OS/c1-12-11-19-15(17-12)14(16-8-9-18-2)10-13-6-4-3-5-7-13/h11,13-14,16H,3-10H2,1-2H3. The maximum absolute atomic E-state index is 5.14. The number of methoxy groups -OCH3 is 1. The molecule has 1 saturated carbocycles. The van der Waals surface area contributed by atoms with Gasteiger partial charge in [-0.2, -0.15) is 0 Å². The van der Waals surface area contributed by atoms with Crippen molar-refractivity contribution in [2.45, 2.75) is 51.5 Å². The van der Waals surface area contributed by atoms with Gasteiger partial charge in [0.15, 0.2) is 0 Å². The highest BCUT2D eigenvalue weighted by Gasteiger charge is 2.21. The Morgan fingerprint density at radius 1 is 1.42 bits per heavy atom. The first-order valence-electron chi connectivity index (χ1n) is 7.44. The third-order valence-electron chi connectivity index (χ3n) is 3.93. The van der Waals surface area contributed by atoms with Crippen LogP contribution in [0.1, 0.15) is 55.3 Å². The van der Waals surface area contributed by atoms with E-state index in [1.807, 2.05) is 0 Å². The molecule has 0 saturated heterocycles. The van der Waals surface area contributed by atoms with Gasteiger partial charge in [-0.05, 0) is 19.3 Å². The summed E-state index contributed by atoms with van der Waals surface area (Å²) in [5.41, 5.74) is 1.14. The predicted molar refractivity (Wildman–Crippen MR) is 80.7 cm³/mol. The predicted octanol–water partition coefficient (Wildman–Crippen LogP) is 3.70. The van der Waals surface area contributed by atoms with Crippen LogP contribution in [0.4, 0.5) is 0 Å². The summed E-state index contributed by atoms with van der Waals surface area (Å²) in [6, 6.07) is 0.414. The molecule has 1 heterocycles. The lowest BCUT2D eigenvalue weighted by molar-refractivity contribution is 0.191. The lowest BCUT2D eigenvalue weighted by atomic mass is 9.85. The van der Waals surface area contributed by atoms with Crippen LogP contribution in [-0.4, -0.2) is 25.2 Å². The number of thiazole rings is 1. The molecule has 19 heavy (non-hydrogen) atoms. The quantitative estimate of drug-likeness (QED) is 0.774. The Morgan fingerprint density at radius 2 is 2.21 bits per heavy atom. The van der Waals surface area contributed by atoms with E-state index in [1.54, 1.807) is 18.4 Å². The van der Waals surface area contributed by atoms with Crippen LogP contribution in [0.25, 0.3) is 0 Å². The molecule has 1 aliphatic rings. The zero-order valence-corrected chi connectivity index (χ0v) is 13.0. The Hall–Kier alpha value is -0.450. The van der Waals surface area contributed by atoms with Crippen molar-refractivity contribution in [3.63, 3.8) is 0 Å². The van der Waals surface area contributed by atoms with Crippen molar-refractivity contribution in [3.05, 3.63) is 16.1 Å². The van der Waals surface area contributed by atoms with Crippen molar-refractivity contribution >= 4 is 11.3 Å². The highest BCUT2D eigenvalue weighted by atomic mass is 32.1. The third kappa shape index (κ3) is 4.86. The Bertz CT molecular complexity index is 361. The van der Waals surface area contributed by atoms with Gasteiger partial charge in [-0.15, -0.1) is 11.3 Å². The lowest BCUT2D eigenvalue weighted by Gasteiger charge is -2.26. The summed E-state index contributed by atoms with van der Waals surface area (Å²) in [5, 5.41) is 7.02. The van der Waals surface area contributed by atoms with E-state index in [2.05, 4.69) is 22.6 Å². The average Bonchev–Trinajstić information content (AvgIpc) is 2.86. The van der Waals surface area contributed by atoms with E-state index in [0.717, 1.165) is 24.8 Å². The van der Waals surface area contributed by atoms with E-state index in [4.69, 9.17) is 4.74 Å². The largest absolute Gasteiger partial charge is 0.383 e. The fraction of sp³-hybridized carbons (Fsp3) is 0.800. The first kappa shape index (κ1) is 14.9.